The molecule has 0 radical (unpaired) electrons. The highest BCUT2D eigenvalue weighted by molar-refractivity contribution is 5.76. The largest absolute Gasteiger partial charge is 0.330 e. The molecular weight excluding hydrogens is 226 g/mol. The molecule has 0 bridgehead atoms. The van der Waals surface area contributed by atoms with Crippen LogP contribution in [0.2, 0.25) is 0 Å². The van der Waals surface area contributed by atoms with Crippen LogP contribution >= 0.6 is 0 Å². The first-order chi connectivity index (χ1) is 8.27. The molecule has 17 heavy (non-hydrogen) atoms. The molecule has 0 atom stereocenters. The van der Waals surface area contributed by atoms with Gasteiger partial charge >= 0.3 is 0 Å². The number of unbranched alkanes of at least 4 members (excludes halogenated alkanes) is 1. The summed E-state index contributed by atoms with van der Waals surface area (Å²) < 4.78 is 1.39. The highest BCUT2D eigenvalue weighted by Gasteiger charge is 2.09. The fourth-order valence-electron chi connectivity index (χ4n) is 1.24. The minimum atomic E-state index is -0.399. The molecule has 0 spiro atoms. The van der Waals surface area contributed by atoms with Crippen LogP contribution in [0.1, 0.15) is 18.7 Å². The van der Waals surface area contributed by atoms with Gasteiger partial charge in [0.2, 0.25) is 6.41 Å². The molecule has 0 fully saturated rings. The maximum Gasteiger partial charge on any atom is 0.260 e. The van der Waals surface area contributed by atoms with Crippen LogP contribution in [0.25, 0.3) is 0 Å². The second kappa shape index (κ2) is 7.28. The molecule has 2 amide bonds. The zero-order chi connectivity index (χ0) is 12.5. The smallest absolute Gasteiger partial charge is 0.260 e. The van der Waals surface area contributed by atoms with Gasteiger partial charge in [-0.2, -0.15) is 0 Å². The lowest BCUT2D eigenvalue weighted by molar-refractivity contribution is -0.125. The average molecular weight is 241 g/mol. The predicted octanol–water partition coefficient (Wildman–Crippen LogP) is -2.27. The van der Waals surface area contributed by atoms with Crippen LogP contribution < -0.4 is 16.6 Å². The van der Waals surface area contributed by atoms with Crippen LogP contribution in [0.15, 0.2) is 0 Å². The molecule has 0 saturated carbocycles. The van der Waals surface area contributed by atoms with Gasteiger partial charge in [-0.1, -0.05) is 0 Å². The van der Waals surface area contributed by atoms with Crippen molar-refractivity contribution in [2.45, 2.75) is 25.8 Å². The van der Waals surface area contributed by atoms with Crippen molar-refractivity contribution in [1.29, 1.82) is 0 Å². The van der Waals surface area contributed by atoms with Crippen molar-refractivity contribution >= 4 is 12.3 Å². The zero-order valence-electron chi connectivity index (χ0n) is 9.30. The molecule has 1 aromatic rings. The minimum absolute atomic E-state index is 0.0359. The molecule has 0 aliphatic carbocycles. The number of nitrogens with zero attached hydrogens (tertiary/aromatic N) is 4. The number of aromatic nitrogens is 4. The lowest BCUT2D eigenvalue weighted by Gasteiger charge is -2.04. The number of carbonyl (C=O) groups excluding carboxylic acids is 2. The predicted molar refractivity (Wildman–Crippen MR) is 57.2 cm³/mol. The van der Waals surface area contributed by atoms with E-state index in [1.54, 1.807) is 0 Å². The Labute approximate surface area is 97.7 Å². The number of amides is 2. The van der Waals surface area contributed by atoms with E-state index >= 15 is 0 Å². The molecular formula is C8H15N7O2. The number of tetrazole rings is 1. The van der Waals surface area contributed by atoms with E-state index in [4.69, 9.17) is 5.73 Å². The van der Waals surface area contributed by atoms with Gasteiger partial charge in [0.15, 0.2) is 5.82 Å². The van der Waals surface area contributed by atoms with Gasteiger partial charge in [0.05, 0.1) is 0 Å². The van der Waals surface area contributed by atoms with Gasteiger partial charge in [-0.3, -0.25) is 20.4 Å². The number of nitrogens with one attached hydrogen (secondary N) is 2. The van der Waals surface area contributed by atoms with Crippen molar-refractivity contribution in [3.63, 3.8) is 0 Å². The highest BCUT2D eigenvalue weighted by Crippen LogP contribution is 1.99. The Morgan fingerprint density at radius 3 is 3.00 bits per heavy atom. The number of hydrazine groups is 1. The van der Waals surface area contributed by atoms with Gasteiger partial charge in [-0.05, 0) is 29.8 Å². The van der Waals surface area contributed by atoms with E-state index in [1.807, 2.05) is 0 Å². The normalized spacial score (nSPS) is 9.94. The summed E-state index contributed by atoms with van der Waals surface area (Å²) in [5.74, 6) is 0.226. The Kier molecular flexibility index (Phi) is 5.58. The molecule has 0 saturated heterocycles. The number of aryl methyl sites for hydroxylation is 1. The van der Waals surface area contributed by atoms with Crippen molar-refractivity contribution < 1.29 is 9.59 Å². The Morgan fingerprint density at radius 1 is 1.47 bits per heavy atom. The lowest BCUT2D eigenvalue weighted by atomic mass is 10.2. The first kappa shape index (κ1) is 13.0. The third-order valence-corrected chi connectivity index (χ3v) is 2.02. The summed E-state index contributed by atoms with van der Waals surface area (Å²) in [7, 11) is 0. The monoisotopic (exact) mass is 241 g/mol. The molecule has 0 unspecified atom stereocenters. The first-order valence-electron chi connectivity index (χ1n) is 5.21. The van der Waals surface area contributed by atoms with E-state index in [0.29, 0.717) is 25.2 Å². The molecule has 9 nitrogen and oxygen atoms in total. The van der Waals surface area contributed by atoms with Crippen molar-refractivity contribution in [3.8, 4) is 0 Å². The van der Waals surface area contributed by atoms with Crippen LogP contribution in [0.4, 0.5) is 0 Å². The highest BCUT2D eigenvalue weighted by atomic mass is 16.2. The van der Waals surface area contributed by atoms with Gasteiger partial charge in [0.1, 0.15) is 6.54 Å². The summed E-state index contributed by atoms with van der Waals surface area (Å²) in [6, 6.07) is 0. The molecule has 1 rings (SSSR count). The van der Waals surface area contributed by atoms with E-state index in [2.05, 4.69) is 26.4 Å². The van der Waals surface area contributed by atoms with Gasteiger partial charge in [-0.15, -0.1) is 5.10 Å². The Morgan fingerprint density at radius 2 is 2.29 bits per heavy atom. The summed E-state index contributed by atoms with van der Waals surface area (Å²) in [6.45, 7) is 0.580. The quantitative estimate of drug-likeness (QED) is 0.267. The molecule has 0 aliphatic heterocycles. The SMILES string of the molecule is NCCCCc1nnnn1CC(=O)NNC=O. The summed E-state index contributed by atoms with van der Waals surface area (Å²) in [6.07, 6.45) is 2.79. The van der Waals surface area contributed by atoms with E-state index < -0.39 is 5.91 Å². The molecule has 0 aliphatic rings. The Balaban J connectivity index is 2.44. The summed E-state index contributed by atoms with van der Waals surface area (Å²) in [4.78, 5) is 21.3. The molecule has 1 heterocycles. The third kappa shape index (κ3) is 4.55. The van der Waals surface area contributed by atoms with E-state index in [0.717, 1.165) is 12.8 Å². The summed E-state index contributed by atoms with van der Waals surface area (Å²) >= 11 is 0. The van der Waals surface area contributed by atoms with Crippen molar-refractivity contribution in [1.82, 2.24) is 31.1 Å². The Bertz CT molecular complexity index is 365. The molecule has 94 valence electrons. The van der Waals surface area contributed by atoms with E-state index in [9.17, 15) is 9.59 Å². The standard InChI is InChI=1S/C8H15N7O2/c9-4-2-1-3-7-11-13-14-15(7)5-8(17)12-10-6-16/h6H,1-5,9H2,(H,10,16)(H,12,17). The molecule has 4 N–H and O–H groups in total. The van der Waals surface area contributed by atoms with Gasteiger partial charge in [0.25, 0.3) is 5.91 Å². The number of hydrogen-bond acceptors (Lipinski definition) is 6. The summed E-state index contributed by atoms with van der Waals surface area (Å²) in [5, 5.41) is 11.0. The van der Waals surface area contributed by atoms with Crippen LogP contribution in [0.3, 0.4) is 0 Å². The number of nitrogens with two attached hydrogens (primary N) is 1. The summed E-state index contributed by atoms with van der Waals surface area (Å²) in [5.41, 5.74) is 9.60. The van der Waals surface area contributed by atoms with E-state index in [-0.39, 0.29) is 6.54 Å². The van der Waals surface area contributed by atoms with Gasteiger partial charge in [-0.25, -0.2) is 4.68 Å². The maximum absolute atomic E-state index is 11.3. The van der Waals surface area contributed by atoms with Crippen molar-refractivity contribution in [2.75, 3.05) is 6.54 Å². The van der Waals surface area contributed by atoms with Crippen molar-refractivity contribution in [2.24, 2.45) is 5.73 Å². The first-order valence-corrected chi connectivity index (χ1v) is 5.21. The van der Waals surface area contributed by atoms with Crippen LogP contribution in [0.5, 0.6) is 0 Å². The van der Waals surface area contributed by atoms with Crippen LogP contribution in [0, 0.1) is 0 Å². The Hall–Kier alpha value is -2.03. The number of hydrogen-bond donors (Lipinski definition) is 3. The van der Waals surface area contributed by atoms with Crippen LogP contribution in [-0.2, 0) is 22.6 Å². The second-order valence-corrected chi connectivity index (χ2v) is 3.31. The average Bonchev–Trinajstić information content (AvgIpc) is 2.74. The molecule has 9 heteroatoms. The lowest BCUT2D eigenvalue weighted by Crippen LogP contribution is -2.38. The number of carbonyl (C=O) groups is 2. The molecule has 0 aromatic carbocycles. The third-order valence-electron chi connectivity index (χ3n) is 2.02. The second-order valence-electron chi connectivity index (χ2n) is 3.31. The zero-order valence-corrected chi connectivity index (χ0v) is 9.30. The van der Waals surface area contributed by atoms with E-state index in [1.165, 1.54) is 4.68 Å². The van der Waals surface area contributed by atoms with Gasteiger partial charge < -0.3 is 5.73 Å². The van der Waals surface area contributed by atoms with Gasteiger partial charge in [0, 0.05) is 6.42 Å². The minimum Gasteiger partial charge on any atom is -0.330 e. The van der Waals surface area contributed by atoms with Crippen molar-refractivity contribution in [3.05, 3.63) is 5.82 Å². The topological polar surface area (TPSA) is 128 Å². The fourth-order valence-corrected chi connectivity index (χ4v) is 1.24. The maximum atomic E-state index is 11.3. The van der Waals surface area contributed by atoms with Crippen LogP contribution in [-0.4, -0.2) is 39.1 Å². The number of rotatable bonds is 8. The molecule has 1 aromatic heterocycles. The fraction of sp³-hybridized carbons (Fsp3) is 0.625.